The van der Waals surface area contributed by atoms with E-state index in [9.17, 15) is 14.7 Å². The summed E-state index contributed by atoms with van der Waals surface area (Å²) in [6, 6.07) is 0. The van der Waals surface area contributed by atoms with Crippen LogP contribution in [0, 0.1) is 22.7 Å². The number of aliphatic hydroxyl groups excluding tert-OH is 1. The van der Waals surface area contributed by atoms with E-state index in [0.717, 1.165) is 19.3 Å². The number of ether oxygens (including phenoxy) is 3. The molecule has 3 aliphatic rings. The molecule has 0 aromatic carbocycles. The van der Waals surface area contributed by atoms with Crippen LogP contribution in [0.5, 0.6) is 0 Å². The summed E-state index contributed by atoms with van der Waals surface area (Å²) in [6.45, 7) is 15.4. The normalized spacial score (nSPS) is 48.1. The quantitative estimate of drug-likeness (QED) is 0.548. The Morgan fingerprint density at radius 2 is 1.77 bits per heavy atom. The minimum atomic E-state index is -0.661. The highest BCUT2D eigenvalue weighted by molar-refractivity contribution is 5.66. The number of rotatable bonds is 4. The highest BCUT2D eigenvalue weighted by Gasteiger charge is 2.68. The highest BCUT2D eigenvalue weighted by Crippen LogP contribution is 2.66. The van der Waals surface area contributed by atoms with E-state index in [4.69, 9.17) is 14.2 Å². The lowest BCUT2D eigenvalue weighted by Crippen LogP contribution is -2.71. The van der Waals surface area contributed by atoms with Gasteiger partial charge < -0.3 is 19.3 Å². The SMILES string of the molecule is C=C[C@]1(C)C[C@@H](O)[C@@H]2[C@]3(C)CCC[C@](C)(COC(C)=O)[C@@H]3[C@H](OC(C)=O)C[C@]2(C)O1. The average Bonchev–Trinajstić information content (AvgIpc) is 2.57. The predicted molar refractivity (Wildman–Crippen MR) is 113 cm³/mol. The van der Waals surface area contributed by atoms with Crippen LogP contribution in [0.25, 0.3) is 0 Å². The summed E-state index contributed by atoms with van der Waals surface area (Å²) in [6.07, 6.45) is 4.53. The van der Waals surface area contributed by atoms with Crippen molar-refractivity contribution >= 4 is 11.9 Å². The molecule has 1 aliphatic heterocycles. The van der Waals surface area contributed by atoms with Gasteiger partial charge in [0.1, 0.15) is 6.10 Å². The molecular formula is C24H38O6. The first-order valence-corrected chi connectivity index (χ1v) is 11.1. The van der Waals surface area contributed by atoms with Crippen molar-refractivity contribution in [1.29, 1.82) is 0 Å². The maximum absolute atomic E-state index is 12.1. The monoisotopic (exact) mass is 422 g/mol. The van der Waals surface area contributed by atoms with Gasteiger partial charge in [0, 0.05) is 43.9 Å². The van der Waals surface area contributed by atoms with Crippen LogP contribution in [-0.4, -0.2) is 47.1 Å². The van der Waals surface area contributed by atoms with Crippen molar-refractivity contribution in [3.63, 3.8) is 0 Å². The van der Waals surface area contributed by atoms with Crippen molar-refractivity contribution in [3.8, 4) is 0 Å². The molecule has 3 fully saturated rings. The van der Waals surface area contributed by atoms with Gasteiger partial charge in [-0.3, -0.25) is 9.59 Å². The molecule has 6 heteroatoms. The van der Waals surface area contributed by atoms with E-state index in [1.165, 1.54) is 13.8 Å². The van der Waals surface area contributed by atoms with Crippen LogP contribution in [0.1, 0.15) is 73.6 Å². The van der Waals surface area contributed by atoms with E-state index >= 15 is 0 Å². The second-order valence-corrected chi connectivity index (χ2v) is 10.8. The van der Waals surface area contributed by atoms with E-state index in [0.29, 0.717) is 12.8 Å². The molecule has 0 bridgehead atoms. The summed E-state index contributed by atoms with van der Waals surface area (Å²) < 4.78 is 18.0. The van der Waals surface area contributed by atoms with E-state index in [1.807, 2.05) is 13.8 Å². The number of hydrogen-bond acceptors (Lipinski definition) is 6. The fourth-order valence-corrected chi connectivity index (χ4v) is 7.48. The van der Waals surface area contributed by atoms with Gasteiger partial charge in [0.2, 0.25) is 0 Å². The Morgan fingerprint density at radius 3 is 2.33 bits per heavy atom. The van der Waals surface area contributed by atoms with Crippen LogP contribution in [0.2, 0.25) is 0 Å². The standard InChI is InChI=1S/C24H38O6/c1-8-22(5)12-17(27)19-23(6)11-9-10-21(4,14-28-15(2)25)20(23)18(29-16(3)26)13-24(19,7)30-22/h8,17-20,27H,1,9-14H2,2-7H3/t17-,18-,19-,20+,21-,22-,23+,24+/m1/s1. The predicted octanol–water partition coefficient (Wildman–Crippen LogP) is 3.80. The van der Waals surface area contributed by atoms with Crippen molar-refractivity contribution in [2.75, 3.05) is 6.61 Å². The first-order chi connectivity index (χ1) is 13.8. The number of esters is 2. The van der Waals surface area contributed by atoms with Gasteiger partial charge in [0.15, 0.2) is 0 Å². The van der Waals surface area contributed by atoms with E-state index in [2.05, 4.69) is 20.4 Å². The molecule has 2 aliphatic carbocycles. The summed E-state index contributed by atoms with van der Waals surface area (Å²) in [5.74, 6) is -0.804. The summed E-state index contributed by atoms with van der Waals surface area (Å²) in [5.41, 5.74) is -1.97. The van der Waals surface area contributed by atoms with Crippen LogP contribution < -0.4 is 0 Å². The number of hydrogen-bond donors (Lipinski definition) is 1. The molecule has 0 radical (unpaired) electrons. The van der Waals surface area contributed by atoms with Gasteiger partial charge in [-0.25, -0.2) is 0 Å². The van der Waals surface area contributed by atoms with Crippen LogP contribution in [-0.2, 0) is 23.8 Å². The molecule has 1 saturated heterocycles. The van der Waals surface area contributed by atoms with Crippen molar-refractivity contribution in [2.24, 2.45) is 22.7 Å². The lowest BCUT2D eigenvalue weighted by atomic mass is 9.42. The Labute approximate surface area is 180 Å². The topological polar surface area (TPSA) is 82.1 Å². The van der Waals surface area contributed by atoms with E-state index < -0.39 is 17.3 Å². The summed E-state index contributed by atoms with van der Waals surface area (Å²) in [5, 5.41) is 11.4. The van der Waals surface area contributed by atoms with Gasteiger partial charge in [-0.15, -0.1) is 6.58 Å². The zero-order valence-electron chi connectivity index (χ0n) is 19.3. The number of fused-ring (bicyclic) bond motifs is 3. The van der Waals surface area contributed by atoms with Crippen LogP contribution in [0.4, 0.5) is 0 Å². The molecule has 0 spiro atoms. The average molecular weight is 423 g/mol. The number of carbonyl (C=O) groups is 2. The van der Waals surface area contributed by atoms with Gasteiger partial charge in [-0.2, -0.15) is 0 Å². The molecular weight excluding hydrogens is 384 g/mol. The van der Waals surface area contributed by atoms with Crippen molar-refractivity contribution in [2.45, 2.75) is 97.1 Å². The third-order valence-corrected chi connectivity index (χ3v) is 8.09. The van der Waals surface area contributed by atoms with Crippen molar-refractivity contribution < 1.29 is 28.9 Å². The molecule has 30 heavy (non-hydrogen) atoms. The van der Waals surface area contributed by atoms with Crippen molar-refractivity contribution in [3.05, 3.63) is 12.7 Å². The van der Waals surface area contributed by atoms with Crippen LogP contribution in [0.15, 0.2) is 12.7 Å². The first-order valence-electron chi connectivity index (χ1n) is 11.1. The molecule has 0 unspecified atom stereocenters. The molecule has 2 saturated carbocycles. The molecule has 1 N–H and O–H groups in total. The lowest BCUT2D eigenvalue weighted by molar-refractivity contribution is -0.307. The van der Waals surface area contributed by atoms with Gasteiger partial charge in [-0.1, -0.05) is 26.3 Å². The smallest absolute Gasteiger partial charge is 0.302 e. The molecule has 3 rings (SSSR count). The first kappa shape index (κ1) is 23.3. The van der Waals surface area contributed by atoms with Gasteiger partial charge in [0.25, 0.3) is 0 Å². The van der Waals surface area contributed by atoms with Gasteiger partial charge in [-0.05, 0) is 32.1 Å². The van der Waals surface area contributed by atoms with Gasteiger partial charge >= 0.3 is 11.9 Å². The third-order valence-electron chi connectivity index (χ3n) is 8.09. The lowest BCUT2D eigenvalue weighted by Gasteiger charge is -2.67. The zero-order chi connectivity index (χ0) is 22.5. The fraction of sp³-hybridized carbons (Fsp3) is 0.833. The Bertz CT molecular complexity index is 720. The Morgan fingerprint density at radius 1 is 1.10 bits per heavy atom. The summed E-state index contributed by atoms with van der Waals surface area (Å²) >= 11 is 0. The van der Waals surface area contributed by atoms with E-state index in [-0.39, 0.29) is 47.3 Å². The summed E-state index contributed by atoms with van der Waals surface area (Å²) in [7, 11) is 0. The molecule has 0 amide bonds. The minimum absolute atomic E-state index is 0.0496. The molecule has 0 aromatic heterocycles. The Hall–Kier alpha value is -1.40. The second kappa shape index (κ2) is 7.63. The van der Waals surface area contributed by atoms with Gasteiger partial charge in [0.05, 0.1) is 23.9 Å². The largest absolute Gasteiger partial charge is 0.465 e. The molecule has 8 atom stereocenters. The van der Waals surface area contributed by atoms with Crippen molar-refractivity contribution in [1.82, 2.24) is 0 Å². The fourth-order valence-electron chi connectivity index (χ4n) is 7.48. The maximum Gasteiger partial charge on any atom is 0.302 e. The maximum atomic E-state index is 12.1. The number of carbonyl (C=O) groups excluding carboxylic acids is 2. The Balaban J connectivity index is 2.09. The zero-order valence-corrected chi connectivity index (χ0v) is 19.3. The number of aliphatic hydroxyl groups is 1. The second-order valence-electron chi connectivity index (χ2n) is 10.8. The third kappa shape index (κ3) is 3.81. The molecule has 170 valence electrons. The highest BCUT2D eigenvalue weighted by atomic mass is 16.6. The van der Waals surface area contributed by atoms with E-state index in [1.54, 1.807) is 6.08 Å². The van der Waals surface area contributed by atoms with Crippen LogP contribution in [0.3, 0.4) is 0 Å². The summed E-state index contributed by atoms with van der Waals surface area (Å²) in [4.78, 5) is 23.7. The molecule has 1 heterocycles. The molecule has 0 aromatic rings. The Kier molecular flexibility index (Phi) is 5.92. The molecule has 6 nitrogen and oxygen atoms in total. The van der Waals surface area contributed by atoms with Crippen LogP contribution >= 0.6 is 0 Å². The minimum Gasteiger partial charge on any atom is -0.465 e.